The van der Waals surface area contributed by atoms with E-state index in [1.165, 1.54) is 11.8 Å². The number of para-hydroxylation sites is 1. The topological polar surface area (TPSA) is 84.8 Å². The number of hydrogen-bond acceptors (Lipinski definition) is 6. The highest BCUT2D eigenvalue weighted by Gasteiger charge is 2.34. The van der Waals surface area contributed by atoms with Crippen LogP contribution in [0.3, 0.4) is 0 Å². The Hall–Kier alpha value is -1.54. The molecule has 2 rings (SSSR count). The summed E-state index contributed by atoms with van der Waals surface area (Å²) in [5.41, 5.74) is 0.957. The van der Waals surface area contributed by atoms with Crippen molar-refractivity contribution in [2.45, 2.75) is 5.25 Å². The first-order valence-corrected chi connectivity index (χ1v) is 8.94. The van der Waals surface area contributed by atoms with E-state index in [4.69, 9.17) is 4.84 Å². The number of rotatable bonds is 3. The minimum atomic E-state index is -3.13. The van der Waals surface area contributed by atoms with Gasteiger partial charge in [-0.2, -0.15) is 11.8 Å². The molecule has 8 heteroatoms. The Morgan fingerprint density at radius 3 is 2.75 bits per heavy atom. The first-order chi connectivity index (χ1) is 9.50. The van der Waals surface area contributed by atoms with Gasteiger partial charge < -0.3 is 0 Å². The van der Waals surface area contributed by atoms with E-state index in [1.807, 2.05) is 6.07 Å². The van der Waals surface area contributed by atoms with E-state index >= 15 is 0 Å². The second kappa shape index (κ2) is 6.27. The Labute approximate surface area is 121 Å². The molecule has 20 heavy (non-hydrogen) atoms. The predicted molar refractivity (Wildman–Crippen MR) is 79.9 cm³/mol. The van der Waals surface area contributed by atoms with Gasteiger partial charge in [-0.3, -0.25) is 10.2 Å². The molecule has 0 bridgehead atoms. The highest BCUT2D eigenvalue weighted by molar-refractivity contribution is 8.02. The van der Waals surface area contributed by atoms with Gasteiger partial charge in [0.1, 0.15) is 0 Å². The van der Waals surface area contributed by atoms with Crippen molar-refractivity contribution in [2.24, 2.45) is 5.16 Å². The van der Waals surface area contributed by atoms with Crippen LogP contribution >= 0.6 is 11.8 Å². The van der Waals surface area contributed by atoms with Gasteiger partial charge >= 0.3 is 6.09 Å². The number of anilines is 1. The molecule has 1 aromatic carbocycles. The summed E-state index contributed by atoms with van der Waals surface area (Å²) in [6.07, 6.45) is 1.05. The molecule has 0 aliphatic carbocycles. The maximum Gasteiger partial charge on any atom is 0.437 e. The predicted octanol–water partition coefficient (Wildman–Crippen LogP) is 1.75. The number of carbonyl (C=O) groups excluding carboxylic acids is 1. The number of oxime groups is 1. The minimum Gasteiger partial charge on any atom is -0.298 e. The molecule has 1 atom stereocenters. The number of amides is 1. The van der Waals surface area contributed by atoms with Crippen LogP contribution in [0.1, 0.15) is 0 Å². The third-order valence-corrected chi connectivity index (χ3v) is 5.49. The monoisotopic (exact) mass is 314 g/mol. The van der Waals surface area contributed by atoms with Gasteiger partial charge in [-0.25, -0.2) is 13.2 Å². The smallest absolute Gasteiger partial charge is 0.298 e. The van der Waals surface area contributed by atoms with Crippen LogP contribution in [0.5, 0.6) is 0 Å². The maximum atomic E-state index is 11.5. The maximum absolute atomic E-state index is 11.5. The van der Waals surface area contributed by atoms with Gasteiger partial charge in [0.05, 0.1) is 22.5 Å². The summed E-state index contributed by atoms with van der Waals surface area (Å²) in [6.45, 7) is 0. The molecule has 1 N–H and O–H groups in total. The molecular weight excluding hydrogens is 300 g/mol. The van der Waals surface area contributed by atoms with Crippen LogP contribution in [0.15, 0.2) is 35.5 Å². The molecule has 1 unspecified atom stereocenters. The summed E-state index contributed by atoms with van der Waals surface area (Å²) in [5.74, 6) is -0.117. The molecule has 0 radical (unpaired) electrons. The van der Waals surface area contributed by atoms with E-state index in [0.29, 0.717) is 11.4 Å². The van der Waals surface area contributed by atoms with Gasteiger partial charge in [0.15, 0.2) is 9.84 Å². The van der Waals surface area contributed by atoms with Gasteiger partial charge in [-0.05, 0) is 18.4 Å². The number of thioether (sulfide) groups is 1. The first-order valence-electron chi connectivity index (χ1n) is 5.83. The molecule has 0 aromatic heterocycles. The standard InChI is InChI=1S/C12H14N2O4S2/c1-19-11-8-20(16,17)7-10(11)14-18-12(15)13-9-5-3-2-4-6-9/h2-6,11H,7-8H2,1H3,(H,13,15)/b14-10+. The lowest BCUT2D eigenvalue weighted by molar-refractivity contribution is 0.166. The second-order valence-corrected chi connectivity index (χ2v) is 7.38. The van der Waals surface area contributed by atoms with Crippen molar-refractivity contribution < 1.29 is 18.0 Å². The zero-order chi connectivity index (χ0) is 14.6. The van der Waals surface area contributed by atoms with Crippen molar-refractivity contribution in [3.8, 4) is 0 Å². The largest absolute Gasteiger partial charge is 0.437 e. The van der Waals surface area contributed by atoms with E-state index in [9.17, 15) is 13.2 Å². The Morgan fingerprint density at radius 2 is 2.10 bits per heavy atom. The molecule has 1 amide bonds. The Morgan fingerprint density at radius 1 is 1.40 bits per heavy atom. The van der Waals surface area contributed by atoms with Crippen molar-refractivity contribution in [1.82, 2.24) is 0 Å². The van der Waals surface area contributed by atoms with Crippen LogP contribution in [0, 0.1) is 0 Å². The molecule has 0 spiro atoms. The lowest BCUT2D eigenvalue weighted by Crippen LogP contribution is -2.17. The van der Waals surface area contributed by atoms with Crippen LogP contribution < -0.4 is 5.32 Å². The van der Waals surface area contributed by atoms with Gasteiger partial charge in [-0.1, -0.05) is 23.4 Å². The Kier molecular flexibility index (Phi) is 4.66. The number of nitrogens with one attached hydrogen (secondary N) is 1. The number of sulfone groups is 1. The SMILES string of the molecule is CSC1CS(=O)(=O)C/C1=N\OC(=O)Nc1ccccc1. The van der Waals surface area contributed by atoms with Gasteiger partial charge in [0.2, 0.25) is 0 Å². The first kappa shape index (κ1) is 14.9. The van der Waals surface area contributed by atoms with Crippen molar-refractivity contribution in [3.63, 3.8) is 0 Å². The van der Waals surface area contributed by atoms with Crippen molar-refractivity contribution in [2.75, 3.05) is 23.1 Å². The van der Waals surface area contributed by atoms with Crippen molar-refractivity contribution >= 4 is 39.1 Å². The molecule has 6 nitrogen and oxygen atoms in total. The average Bonchev–Trinajstić information content (AvgIpc) is 2.72. The summed E-state index contributed by atoms with van der Waals surface area (Å²) in [5, 5.41) is 5.92. The van der Waals surface area contributed by atoms with Crippen LogP contribution in [0.25, 0.3) is 0 Å². The molecule has 1 fully saturated rings. The molecular formula is C12H14N2O4S2. The summed E-state index contributed by atoms with van der Waals surface area (Å²) in [4.78, 5) is 16.2. The zero-order valence-electron chi connectivity index (χ0n) is 10.8. The summed E-state index contributed by atoms with van der Waals surface area (Å²) < 4.78 is 23.0. The number of carbonyl (C=O) groups is 1. The fourth-order valence-electron chi connectivity index (χ4n) is 1.76. The highest BCUT2D eigenvalue weighted by Crippen LogP contribution is 2.20. The highest BCUT2D eigenvalue weighted by atomic mass is 32.2. The molecule has 1 aliphatic rings. The van der Waals surface area contributed by atoms with E-state index in [-0.39, 0.29) is 16.8 Å². The minimum absolute atomic E-state index is 0.0384. The summed E-state index contributed by atoms with van der Waals surface area (Å²) in [7, 11) is -3.13. The van der Waals surface area contributed by atoms with E-state index in [2.05, 4.69) is 10.5 Å². The van der Waals surface area contributed by atoms with Gasteiger partial charge in [0.25, 0.3) is 0 Å². The number of nitrogens with zero attached hydrogens (tertiary/aromatic N) is 1. The fraction of sp³-hybridized carbons (Fsp3) is 0.333. The molecule has 108 valence electrons. The molecule has 1 aromatic rings. The molecule has 1 heterocycles. The number of hydrogen-bond donors (Lipinski definition) is 1. The van der Waals surface area contributed by atoms with Crippen LogP contribution in [0.4, 0.5) is 10.5 Å². The molecule has 0 saturated carbocycles. The third-order valence-electron chi connectivity index (χ3n) is 2.70. The summed E-state index contributed by atoms with van der Waals surface area (Å²) in [6, 6.07) is 8.78. The van der Waals surface area contributed by atoms with E-state index in [0.717, 1.165) is 0 Å². The average molecular weight is 314 g/mol. The Bertz CT molecular complexity index is 614. The van der Waals surface area contributed by atoms with Crippen LogP contribution in [-0.4, -0.2) is 43.2 Å². The second-order valence-electron chi connectivity index (χ2n) is 4.23. The quantitative estimate of drug-likeness (QED) is 0.678. The van der Waals surface area contributed by atoms with Gasteiger partial charge in [0, 0.05) is 5.69 Å². The lowest BCUT2D eigenvalue weighted by Gasteiger charge is -2.05. The Balaban J connectivity index is 1.97. The third kappa shape index (κ3) is 3.97. The zero-order valence-corrected chi connectivity index (χ0v) is 12.4. The normalized spacial score (nSPS) is 22.6. The fourth-order valence-corrected chi connectivity index (χ4v) is 4.90. The van der Waals surface area contributed by atoms with Gasteiger partial charge in [-0.15, -0.1) is 0 Å². The van der Waals surface area contributed by atoms with Crippen molar-refractivity contribution in [1.29, 1.82) is 0 Å². The van der Waals surface area contributed by atoms with E-state index < -0.39 is 15.9 Å². The van der Waals surface area contributed by atoms with Crippen LogP contribution in [0.2, 0.25) is 0 Å². The summed E-state index contributed by atoms with van der Waals surface area (Å²) >= 11 is 1.38. The van der Waals surface area contributed by atoms with E-state index in [1.54, 1.807) is 30.5 Å². The van der Waals surface area contributed by atoms with Crippen LogP contribution in [-0.2, 0) is 14.7 Å². The molecule has 1 saturated heterocycles. The number of benzene rings is 1. The van der Waals surface area contributed by atoms with Crippen molar-refractivity contribution in [3.05, 3.63) is 30.3 Å². The lowest BCUT2D eigenvalue weighted by atomic mass is 10.3. The molecule has 1 aliphatic heterocycles.